The Morgan fingerprint density at radius 2 is 1.34 bits per heavy atom. The van der Waals surface area contributed by atoms with Crippen LogP contribution in [0.5, 0.6) is 0 Å². The zero-order valence-corrected chi connectivity index (χ0v) is 17.2. The van der Waals surface area contributed by atoms with Crippen LogP contribution in [0.2, 0.25) is 0 Å². The Bertz CT molecular complexity index is 1590. The van der Waals surface area contributed by atoms with Gasteiger partial charge in [0, 0.05) is 35.8 Å². The van der Waals surface area contributed by atoms with Gasteiger partial charge in [0.05, 0.1) is 22.2 Å². The third kappa shape index (κ3) is 2.72. The molecule has 1 aliphatic heterocycles. The van der Waals surface area contributed by atoms with E-state index in [0.29, 0.717) is 11.1 Å². The Hall–Kier alpha value is -4.38. The van der Waals surface area contributed by atoms with Gasteiger partial charge in [-0.3, -0.25) is 24.5 Å². The molecule has 0 saturated carbocycles. The number of nitrogens with zero attached hydrogens (tertiary/aromatic N) is 3. The molecule has 0 atom stereocenters. The second kappa shape index (κ2) is 6.82. The van der Waals surface area contributed by atoms with E-state index >= 15 is 0 Å². The molecule has 0 saturated heterocycles. The van der Waals surface area contributed by atoms with Crippen LogP contribution in [0.15, 0.2) is 85.2 Å². The molecule has 0 radical (unpaired) electrons. The Balaban J connectivity index is 1.43. The van der Waals surface area contributed by atoms with Crippen LogP contribution in [0.1, 0.15) is 20.7 Å². The van der Waals surface area contributed by atoms with E-state index in [2.05, 4.69) is 29.2 Å². The predicted octanol–water partition coefficient (Wildman–Crippen LogP) is 5.34. The van der Waals surface area contributed by atoms with E-state index in [1.54, 1.807) is 18.3 Å². The number of amides is 2. The van der Waals surface area contributed by atoms with Crippen LogP contribution in [0.4, 0.5) is 0 Å². The summed E-state index contributed by atoms with van der Waals surface area (Å²) in [4.78, 5) is 34.9. The van der Waals surface area contributed by atoms with Crippen molar-refractivity contribution in [1.29, 1.82) is 0 Å². The molecule has 32 heavy (non-hydrogen) atoms. The highest BCUT2D eigenvalue weighted by Gasteiger charge is 2.32. The first-order valence-corrected chi connectivity index (χ1v) is 10.3. The number of benzene rings is 3. The molecule has 5 nitrogen and oxygen atoms in total. The zero-order chi connectivity index (χ0) is 21.8. The van der Waals surface area contributed by atoms with Gasteiger partial charge >= 0.3 is 0 Å². The third-order valence-electron chi connectivity index (χ3n) is 6.04. The SMILES string of the molecule is CN1C(=O)c2ccc(-c3cccc(-c4cnc5c(ccc6cccnc65)c4)c3)cc2C1=O. The van der Waals surface area contributed by atoms with Crippen molar-refractivity contribution in [3.8, 4) is 22.3 Å². The lowest BCUT2D eigenvalue weighted by molar-refractivity contribution is 0.0693. The number of carbonyl (C=O) groups is 2. The zero-order valence-electron chi connectivity index (χ0n) is 17.2. The highest BCUT2D eigenvalue weighted by atomic mass is 16.2. The average Bonchev–Trinajstić information content (AvgIpc) is 3.07. The molecule has 2 amide bonds. The van der Waals surface area contributed by atoms with Crippen molar-refractivity contribution in [2.45, 2.75) is 0 Å². The molecule has 0 aliphatic carbocycles. The maximum atomic E-state index is 12.4. The highest BCUT2D eigenvalue weighted by molar-refractivity contribution is 6.21. The van der Waals surface area contributed by atoms with Crippen molar-refractivity contribution < 1.29 is 9.59 Å². The lowest BCUT2D eigenvalue weighted by atomic mass is 9.96. The van der Waals surface area contributed by atoms with E-state index in [-0.39, 0.29) is 11.8 Å². The minimum Gasteiger partial charge on any atom is -0.277 e. The average molecular weight is 415 g/mol. The lowest BCUT2D eigenvalue weighted by Gasteiger charge is -2.09. The van der Waals surface area contributed by atoms with Gasteiger partial charge in [0.1, 0.15) is 0 Å². The first-order valence-electron chi connectivity index (χ1n) is 10.3. The van der Waals surface area contributed by atoms with Crippen molar-refractivity contribution in [1.82, 2.24) is 14.9 Å². The first-order chi connectivity index (χ1) is 15.6. The number of fused-ring (bicyclic) bond motifs is 4. The summed E-state index contributed by atoms with van der Waals surface area (Å²) in [6.45, 7) is 0. The molecule has 5 aromatic rings. The topological polar surface area (TPSA) is 63.2 Å². The number of aromatic nitrogens is 2. The predicted molar refractivity (Wildman–Crippen MR) is 124 cm³/mol. The summed E-state index contributed by atoms with van der Waals surface area (Å²) in [5, 5.41) is 2.10. The van der Waals surface area contributed by atoms with Crippen molar-refractivity contribution in [2.75, 3.05) is 7.05 Å². The molecule has 3 aromatic carbocycles. The Kier molecular flexibility index (Phi) is 3.92. The summed E-state index contributed by atoms with van der Waals surface area (Å²) in [7, 11) is 1.51. The molecule has 0 spiro atoms. The smallest absolute Gasteiger partial charge is 0.261 e. The van der Waals surface area contributed by atoms with Gasteiger partial charge in [0.2, 0.25) is 0 Å². The van der Waals surface area contributed by atoms with Gasteiger partial charge in [-0.25, -0.2) is 0 Å². The van der Waals surface area contributed by atoms with Crippen LogP contribution in [0, 0.1) is 0 Å². The molecule has 0 bridgehead atoms. The van der Waals surface area contributed by atoms with Gasteiger partial charge in [-0.1, -0.05) is 42.5 Å². The molecule has 6 rings (SSSR count). The van der Waals surface area contributed by atoms with Crippen molar-refractivity contribution in [2.24, 2.45) is 0 Å². The summed E-state index contributed by atoms with van der Waals surface area (Å²) in [5.74, 6) is -0.517. The van der Waals surface area contributed by atoms with Crippen LogP contribution in [-0.2, 0) is 0 Å². The summed E-state index contributed by atoms with van der Waals surface area (Å²) in [6, 6.07) is 23.7. The standard InChI is InChI=1S/C27H17N3O2/c1-30-26(31)22-10-9-19(14-23(22)27(30)32)17-4-2-5-18(12-17)21-13-20-8-7-16-6-3-11-28-24(16)25(20)29-15-21/h2-15H,1H3. The molecule has 0 fully saturated rings. The van der Waals surface area contributed by atoms with Gasteiger partial charge in [0.25, 0.3) is 11.8 Å². The summed E-state index contributed by atoms with van der Waals surface area (Å²) >= 11 is 0. The Morgan fingerprint density at radius 1 is 0.625 bits per heavy atom. The van der Waals surface area contributed by atoms with Crippen LogP contribution in [0.25, 0.3) is 44.1 Å². The van der Waals surface area contributed by atoms with E-state index in [4.69, 9.17) is 4.98 Å². The highest BCUT2D eigenvalue weighted by Crippen LogP contribution is 2.32. The largest absolute Gasteiger partial charge is 0.277 e. The fourth-order valence-electron chi connectivity index (χ4n) is 4.31. The summed E-state index contributed by atoms with van der Waals surface area (Å²) < 4.78 is 0. The molecular formula is C27H17N3O2. The lowest BCUT2D eigenvalue weighted by Crippen LogP contribution is -2.24. The second-order valence-corrected chi connectivity index (χ2v) is 7.95. The molecule has 152 valence electrons. The van der Waals surface area contributed by atoms with E-state index in [0.717, 1.165) is 49.0 Å². The summed E-state index contributed by atoms with van der Waals surface area (Å²) in [5.41, 5.74) is 6.58. The van der Waals surface area contributed by atoms with E-state index < -0.39 is 0 Å². The first kappa shape index (κ1) is 18.4. The molecule has 2 aromatic heterocycles. The minimum absolute atomic E-state index is 0.255. The van der Waals surface area contributed by atoms with Crippen molar-refractivity contribution in [3.05, 3.63) is 96.3 Å². The van der Waals surface area contributed by atoms with Gasteiger partial charge in [0.15, 0.2) is 0 Å². The quantitative estimate of drug-likeness (QED) is 0.288. The van der Waals surface area contributed by atoms with E-state index in [1.165, 1.54) is 7.05 Å². The summed E-state index contributed by atoms with van der Waals surface area (Å²) in [6.07, 6.45) is 3.66. The molecule has 5 heteroatoms. The number of imide groups is 1. The number of hydrogen-bond donors (Lipinski definition) is 0. The van der Waals surface area contributed by atoms with Crippen LogP contribution in [-0.4, -0.2) is 33.7 Å². The van der Waals surface area contributed by atoms with Crippen LogP contribution < -0.4 is 0 Å². The maximum Gasteiger partial charge on any atom is 0.261 e. The van der Waals surface area contributed by atoms with Crippen LogP contribution in [0.3, 0.4) is 0 Å². The molecule has 3 heterocycles. The fraction of sp³-hybridized carbons (Fsp3) is 0.0370. The third-order valence-corrected chi connectivity index (χ3v) is 6.04. The molecule has 1 aliphatic rings. The second-order valence-electron chi connectivity index (χ2n) is 7.95. The molecular weight excluding hydrogens is 398 g/mol. The number of pyridine rings is 2. The molecule has 0 unspecified atom stereocenters. The Morgan fingerprint density at radius 3 is 2.22 bits per heavy atom. The minimum atomic E-state index is -0.262. The van der Waals surface area contributed by atoms with Crippen molar-refractivity contribution >= 4 is 33.6 Å². The molecule has 0 N–H and O–H groups in total. The van der Waals surface area contributed by atoms with Gasteiger partial charge in [-0.2, -0.15) is 0 Å². The van der Waals surface area contributed by atoms with E-state index in [9.17, 15) is 9.59 Å². The number of hydrogen-bond acceptors (Lipinski definition) is 4. The van der Waals surface area contributed by atoms with Crippen molar-refractivity contribution in [3.63, 3.8) is 0 Å². The maximum absolute atomic E-state index is 12.4. The normalized spacial score (nSPS) is 13.2. The van der Waals surface area contributed by atoms with Crippen LogP contribution >= 0.6 is 0 Å². The van der Waals surface area contributed by atoms with Gasteiger partial charge in [-0.15, -0.1) is 0 Å². The Labute approximate surface area is 184 Å². The monoisotopic (exact) mass is 415 g/mol. The number of carbonyl (C=O) groups excluding carboxylic acids is 2. The van der Waals surface area contributed by atoms with Gasteiger partial charge in [-0.05, 0) is 47.0 Å². The van der Waals surface area contributed by atoms with Gasteiger partial charge < -0.3 is 0 Å². The number of rotatable bonds is 2. The fourth-order valence-corrected chi connectivity index (χ4v) is 4.31. The van der Waals surface area contributed by atoms with E-state index in [1.807, 2.05) is 42.6 Å².